The molecule has 0 radical (unpaired) electrons. The molecule has 1 fully saturated rings. The number of amides is 1. The summed E-state index contributed by atoms with van der Waals surface area (Å²) in [6, 6.07) is 6.96. The quantitative estimate of drug-likeness (QED) is 0.884. The third kappa shape index (κ3) is 3.54. The van der Waals surface area contributed by atoms with Gasteiger partial charge in [0.25, 0.3) is 5.91 Å². The molecule has 102 valence electrons. The molecule has 1 aromatic rings. The molecule has 1 atom stereocenters. The molecule has 1 aliphatic heterocycles. The number of halogens is 1. The van der Waals surface area contributed by atoms with E-state index >= 15 is 0 Å². The highest BCUT2D eigenvalue weighted by Crippen LogP contribution is 2.23. The number of nitrogens with one attached hydrogen (secondary N) is 1. The summed E-state index contributed by atoms with van der Waals surface area (Å²) in [5, 5.41) is 11.8. The molecule has 2 rings (SSSR count). The number of carboxylic acid groups (broad SMARTS) is 1. The van der Waals surface area contributed by atoms with Gasteiger partial charge in [-0.2, -0.15) is 0 Å². The largest absolute Gasteiger partial charge is 0.481 e. The molecule has 0 aromatic heterocycles. The van der Waals surface area contributed by atoms with Gasteiger partial charge in [-0.05, 0) is 24.6 Å². The van der Waals surface area contributed by atoms with Crippen molar-refractivity contribution in [1.82, 2.24) is 5.32 Å². The molecule has 0 aliphatic carbocycles. The van der Waals surface area contributed by atoms with Crippen LogP contribution in [0.15, 0.2) is 28.7 Å². The van der Waals surface area contributed by atoms with Gasteiger partial charge in [0.05, 0.1) is 18.6 Å². The van der Waals surface area contributed by atoms with Crippen LogP contribution in [-0.4, -0.2) is 35.7 Å². The highest BCUT2D eigenvalue weighted by Gasteiger charge is 2.38. The predicted octanol–water partition coefficient (Wildman–Crippen LogP) is 1.81. The van der Waals surface area contributed by atoms with Crippen molar-refractivity contribution in [3.8, 4) is 0 Å². The van der Waals surface area contributed by atoms with Gasteiger partial charge in [0.2, 0.25) is 0 Å². The maximum absolute atomic E-state index is 12.2. The molecular weight excluding hydrogens is 314 g/mol. The number of hydrogen-bond donors (Lipinski definition) is 2. The molecule has 1 heterocycles. The topological polar surface area (TPSA) is 75.6 Å². The third-order valence-corrected chi connectivity index (χ3v) is 3.55. The van der Waals surface area contributed by atoms with E-state index in [4.69, 9.17) is 9.84 Å². The molecule has 1 aromatic carbocycles. The average Bonchev–Trinajstić information content (AvgIpc) is 2.76. The van der Waals surface area contributed by atoms with Crippen LogP contribution in [0.25, 0.3) is 0 Å². The van der Waals surface area contributed by atoms with Gasteiger partial charge < -0.3 is 15.2 Å². The molecule has 0 spiro atoms. The maximum Gasteiger partial charge on any atom is 0.305 e. The van der Waals surface area contributed by atoms with Gasteiger partial charge in [-0.1, -0.05) is 22.0 Å². The van der Waals surface area contributed by atoms with E-state index in [1.807, 2.05) is 6.07 Å². The Bertz CT molecular complexity index is 497. The summed E-state index contributed by atoms with van der Waals surface area (Å²) < 4.78 is 6.04. The van der Waals surface area contributed by atoms with Crippen molar-refractivity contribution in [2.45, 2.75) is 18.4 Å². The van der Waals surface area contributed by atoms with Crippen LogP contribution in [0.1, 0.15) is 23.2 Å². The Kier molecular flexibility index (Phi) is 4.21. The summed E-state index contributed by atoms with van der Waals surface area (Å²) in [5.74, 6) is -1.23. The first-order chi connectivity index (χ1) is 9.01. The van der Waals surface area contributed by atoms with Crippen molar-refractivity contribution in [1.29, 1.82) is 0 Å². The summed E-state index contributed by atoms with van der Waals surface area (Å²) in [6.07, 6.45) is 0.381. The fourth-order valence-electron chi connectivity index (χ4n) is 2.12. The van der Waals surface area contributed by atoms with E-state index < -0.39 is 11.5 Å². The van der Waals surface area contributed by atoms with Gasteiger partial charge in [0.1, 0.15) is 0 Å². The summed E-state index contributed by atoms with van der Waals surface area (Å²) in [6.45, 7) is 0.699. The van der Waals surface area contributed by atoms with E-state index in [0.717, 1.165) is 4.47 Å². The van der Waals surface area contributed by atoms with Gasteiger partial charge in [0.15, 0.2) is 0 Å². The second-order valence-electron chi connectivity index (χ2n) is 4.62. The zero-order valence-corrected chi connectivity index (χ0v) is 11.8. The monoisotopic (exact) mass is 327 g/mol. The molecule has 19 heavy (non-hydrogen) atoms. The van der Waals surface area contributed by atoms with Crippen LogP contribution >= 0.6 is 15.9 Å². The third-order valence-electron chi connectivity index (χ3n) is 3.06. The first-order valence-electron chi connectivity index (χ1n) is 5.88. The lowest BCUT2D eigenvalue weighted by Crippen LogP contribution is -2.50. The smallest absolute Gasteiger partial charge is 0.305 e. The number of carbonyl (C=O) groups is 2. The number of aliphatic carboxylic acids is 1. The van der Waals surface area contributed by atoms with Gasteiger partial charge in [0, 0.05) is 16.6 Å². The molecular formula is C13H14BrNO4. The minimum atomic E-state index is -0.944. The molecule has 1 aliphatic rings. The first kappa shape index (κ1) is 14.0. The van der Waals surface area contributed by atoms with E-state index in [9.17, 15) is 9.59 Å². The van der Waals surface area contributed by atoms with Crippen molar-refractivity contribution in [3.63, 3.8) is 0 Å². The number of carboxylic acids is 1. The Balaban J connectivity index is 2.13. The highest BCUT2D eigenvalue weighted by atomic mass is 79.9. The van der Waals surface area contributed by atoms with Gasteiger partial charge >= 0.3 is 5.97 Å². The van der Waals surface area contributed by atoms with E-state index in [-0.39, 0.29) is 18.9 Å². The molecule has 0 bridgehead atoms. The number of benzene rings is 1. The second kappa shape index (κ2) is 5.71. The van der Waals surface area contributed by atoms with E-state index in [1.54, 1.807) is 18.2 Å². The average molecular weight is 328 g/mol. The molecule has 5 nitrogen and oxygen atoms in total. The van der Waals surface area contributed by atoms with Gasteiger partial charge in [-0.3, -0.25) is 9.59 Å². The first-order valence-corrected chi connectivity index (χ1v) is 6.68. The van der Waals surface area contributed by atoms with Crippen LogP contribution < -0.4 is 5.32 Å². The van der Waals surface area contributed by atoms with Crippen LogP contribution in [0.2, 0.25) is 0 Å². The van der Waals surface area contributed by atoms with E-state index in [0.29, 0.717) is 18.6 Å². The zero-order valence-electron chi connectivity index (χ0n) is 10.2. The van der Waals surface area contributed by atoms with Crippen molar-refractivity contribution < 1.29 is 19.4 Å². The van der Waals surface area contributed by atoms with Crippen LogP contribution in [0.4, 0.5) is 0 Å². The van der Waals surface area contributed by atoms with Crippen molar-refractivity contribution in [2.75, 3.05) is 13.2 Å². The SMILES string of the molecule is O=C(O)CC1(NC(=O)c2cccc(Br)c2)CCOC1. The van der Waals surface area contributed by atoms with E-state index in [1.165, 1.54) is 0 Å². The lowest BCUT2D eigenvalue weighted by atomic mass is 9.94. The number of carbonyl (C=O) groups excluding carboxylic acids is 1. The molecule has 0 saturated carbocycles. The molecule has 1 amide bonds. The molecule has 6 heteroatoms. The van der Waals surface area contributed by atoms with Gasteiger partial charge in [-0.25, -0.2) is 0 Å². The molecule has 1 unspecified atom stereocenters. The maximum atomic E-state index is 12.2. The Hall–Kier alpha value is -1.40. The normalized spacial score (nSPS) is 22.2. The molecule has 1 saturated heterocycles. The summed E-state index contributed by atoms with van der Waals surface area (Å²) in [7, 11) is 0. The lowest BCUT2D eigenvalue weighted by Gasteiger charge is -2.27. The van der Waals surface area contributed by atoms with Gasteiger partial charge in [-0.15, -0.1) is 0 Å². The minimum Gasteiger partial charge on any atom is -0.481 e. The highest BCUT2D eigenvalue weighted by molar-refractivity contribution is 9.10. The Morgan fingerprint density at radius 2 is 2.26 bits per heavy atom. The summed E-state index contributed by atoms with van der Waals surface area (Å²) in [5.41, 5.74) is -0.309. The van der Waals surface area contributed by atoms with Crippen molar-refractivity contribution >= 4 is 27.8 Å². The minimum absolute atomic E-state index is 0.132. The number of ether oxygens (including phenoxy) is 1. The lowest BCUT2D eigenvalue weighted by molar-refractivity contribution is -0.138. The Labute approximate surface area is 119 Å². The van der Waals surface area contributed by atoms with Crippen LogP contribution in [0.3, 0.4) is 0 Å². The number of rotatable bonds is 4. The fraction of sp³-hybridized carbons (Fsp3) is 0.385. The summed E-state index contributed by atoms with van der Waals surface area (Å²) >= 11 is 3.30. The van der Waals surface area contributed by atoms with Crippen LogP contribution in [-0.2, 0) is 9.53 Å². The van der Waals surface area contributed by atoms with Crippen molar-refractivity contribution in [2.24, 2.45) is 0 Å². The fourth-order valence-corrected chi connectivity index (χ4v) is 2.52. The Morgan fingerprint density at radius 1 is 1.47 bits per heavy atom. The van der Waals surface area contributed by atoms with Crippen LogP contribution in [0, 0.1) is 0 Å². The zero-order chi connectivity index (χ0) is 13.9. The van der Waals surface area contributed by atoms with Crippen LogP contribution in [0.5, 0.6) is 0 Å². The summed E-state index contributed by atoms with van der Waals surface area (Å²) in [4.78, 5) is 23.1. The Morgan fingerprint density at radius 3 is 2.84 bits per heavy atom. The number of hydrogen-bond acceptors (Lipinski definition) is 3. The second-order valence-corrected chi connectivity index (χ2v) is 5.53. The standard InChI is InChI=1S/C13H14BrNO4/c14-10-3-1-2-9(6-10)12(18)15-13(7-11(16)17)4-5-19-8-13/h1-3,6H,4-5,7-8H2,(H,15,18)(H,16,17). The predicted molar refractivity (Wildman–Crippen MR) is 72.0 cm³/mol. The molecule has 2 N–H and O–H groups in total. The van der Waals surface area contributed by atoms with E-state index in [2.05, 4.69) is 21.2 Å². The van der Waals surface area contributed by atoms with Crippen molar-refractivity contribution in [3.05, 3.63) is 34.3 Å².